The minimum Gasteiger partial charge on any atom is -0.487 e. The fourth-order valence-corrected chi connectivity index (χ4v) is 22.1. The first-order valence-electron chi connectivity index (χ1n) is 38.6. The van der Waals surface area contributed by atoms with E-state index in [4.69, 9.17) is 41.9 Å². The van der Waals surface area contributed by atoms with Crippen LogP contribution in [0.2, 0.25) is 0 Å². The van der Waals surface area contributed by atoms with E-state index in [9.17, 15) is 33.6 Å². The smallest absolute Gasteiger partial charge is 0.271 e. The average molecular weight is 1660 g/mol. The summed E-state index contributed by atoms with van der Waals surface area (Å²) in [5.41, 5.74) is 25.8. The molecular formula is C80H94F4N16O11S4. The highest BCUT2D eigenvalue weighted by Crippen LogP contribution is 2.51. The Balaban J connectivity index is 0.000000115. The molecule has 0 spiro atoms. The van der Waals surface area contributed by atoms with Gasteiger partial charge in [-0.1, -0.05) is 7.43 Å². The SMILES string of the molecule is C.CC(N)[C@@H]1CCN(c2c(F)cc3c(=O)c4c(=O)[nH]sc4n4c3c2OC[C@@H]4C)C1.CC(N)[C@@H]1CCN(c2c(F)cc3c(=O)c4c(=O)[nH]sc4n4c3c2OC[C@@H]4C)C1.C[C@H]1COc2c(N3CC[C@@H](C(C)(C)N)C3)c(F)cc3c(=O)c4c(=O)[nH]sc4n1c23.Cc1nsc2c1c(=O)c1cc(F)c(N3CC[C@@H](C(C)(C)N)C3)c3c1n2[C@@H](C)CO3. The molecule has 0 radical (unpaired) electrons. The zero-order chi connectivity index (χ0) is 80.8. The Labute approximate surface area is 671 Å². The van der Waals surface area contributed by atoms with E-state index in [-0.39, 0.29) is 116 Å². The van der Waals surface area contributed by atoms with E-state index in [2.05, 4.69) is 22.1 Å². The third-order valence-electron chi connectivity index (χ3n) is 24.7. The summed E-state index contributed by atoms with van der Waals surface area (Å²) in [6.45, 7) is 28.5. The number of hydrogen-bond donors (Lipinski definition) is 7. The van der Waals surface area contributed by atoms with Crippen LogP contribution in [0.25, 0.3) is 84.5 Å². The zero-order valence-electron chi connectivity index (χ0n) is 64.9. The summed E-state index contributed by atoms with van der Waals surface area (Å²) in [4.78, 5) is 99.2. The second-order valence-corrected chi connectivity index (χ2v) is 36.6. The number of aromatic amines is 3. The van der Waals surface area contributed by atoms with Gasteiger partial charge in [-0.3, -0.25) is 46.7 Å². The van der Waals surface area contributed by atoms with Crippen molar-refractivity contribution >= 4 is 153 Å². The summed E-state index contributed by atoms with van der Waals surface area (Å²) in [5, 5.41) is 1.74. The standard InChI is InChI=1S/C21H25FN4O2S.C20H23FN4O3S.2C19H21FN4O3S.CH4/c1-10-9-28-19-16-13(18(27)15-11(2)24-29-20(15)26(10)16)7-14(22)17(19)25-6-5-12(8-25)21(3,4)23;1-9-8-28-17-14-11(16(26)13-18(27)23-29-19(13)25(9)14)6-12(21)15(17)24-5-4-10(7-24)20(2,3)22;2*1-8-7-27-17-14-11(16(25)13-18(26)22-28-19(13)24(8)14)5-12(20)15(17)23-4-3-10(6-23)9(2)21;/h7,10,12H,5-6,8-9,23H2,1-4H3;6,9-10H,4-5,7-8,22H2,1-3H3,(H,23,27);2*5,8-10H,3-4,6-7,21H2,1-2H3,(H,22,26);1H4/t10-,12+;9-,10+;2*8-,9?,10+;/m0000./s1. The number of rotatable bonds is 8. The molecule has 2 unspecified atom stereocenters. The highest BCUT2D eigenvalue weighted by molar-refractivity contribution is 7.13. The Bertz CT molecular complexity index is 6290. The third kappa shape index (κ3) is 12.7. The number of halogens is 4. The highest BCUT2D eigenvalue weighted by atomic mass is 32.1. The molecule has 0 amide bonds. The summed E-state index contributed by atoms with van der Waals surface area (Å²) in [5.74, 6) is 0.757. The fraction of sp³-hybridized carbons (Fsp3) is 0.500. The van der Waals surface area contributed by atoms with E-state index in [0.717, 1.165) is 65.1 Å². The van der Waals surface area contributed by atoms with Gasteiger partial charge in [0.25, 0.3) is 16.7 Å². The number of fused-ring (bicyclic) bond motifs is 8. The zero-order valence-corrected chi connectivity index (χ0v) is 68.1. The lowest BCUT2D eigenvalue weighted by molar-refractivity contribution is 0.250. The third-order valence-corrected chi connectivity index (χ3v) is 28.2. The van der Waals surface area contributed by atoms with Gasteiger partial charge >= 0.3 is 0 Å². The number of hydrogen-bond acceptors (Lipinski definition) is 24. The Morgan fingerprint density at radius 2 is 0.713 bits per heavy atom. The van der Waals surface area contributed by atoms with E-state index >= 15 is 17.6 Å². The predicted octanol–water partition coefficient (Wildman–Crippen LogP) is 11.1. The second-order valence-electron chi connectivity index (χ2n) is 33.5. The topological polar surface area (TPSA) is 353 Å². The van der Waals surface area contributed by atoms with Crippen molar-refractivity contribution in [1.29, 1.82) is 0 Å². The molecule has 8 aromatic heterocycles. The van der Waals surface area contributed by atoms with Crippen molar-refractivity contribution in [2.75, 3.05) is 98.4 Å². The summed E-state index contributed by atoms with van der Waals surface area (Å²) >= 11 is 4.72. The van der Waals surface area contributed by atoms with E-state index in [0.29, 0.717) is 178 Å². The first-order chi connectivity index (χ1) is 54.1. The van der Waals surface area contributed by atoms with Crippen LogP contribution < -0.4 is 99.9 Å². The van der Waals surface area contributed by atoms with Crippen molar-refractivity contribution in [3.8, 4) is 23.0 Å². The largest absolute Gasteiger partial charge is 0.487 e. The molecule has 4 fully saturated rings. The van der Waals surface area contributed by atoms with Gasteiger partial charge in [-0.25, -0.2) is 17.6 Å². The number of aryl methyl sites for hydroxylation is 1. The number of nitrogens with one attached hydrogen (secondary N) is 3. The van der Waals surface area contributed by atoms with E-state index < -0.39 is 56.2 Å². The maximum Gasteiger partial charge on any atom is 0.271 e. The van der Waals surface area contributed by atoms with Gasteiger partial charge in [0.2, 0.25) is 16.3 Å². The fourth-order valence-electron chi connectivity index (χ4n) is 18.3. The molecule has 0 bridgehead atoms. The molecule has 8 aliphatic rings. The molecule has 20 rings (SSSR count). The van der Waals surface area contributed by atoms with E-state index in [1.165, 1.54) is 35.8 Å². The molecule has 612 valence electrons. The molecule has 10 atom stereocenters. The Morgan fingerprint density at radius 1 is 0.443 bits per heavy atom. The number of aromatic nitrogens is 8. The second kappa shape index (κ2) is 29.1. The van der Waals surface area contributed by atoms with E-state index in [1.807, 2.05) is 109 Å². The van der Waals surface area contributed by atoms with Gasteiger partial charge in [-0.2, -0.15) is 4.37 Å². The van der Waals surface area contributed by atoms with Gasteiger partial charge in [-0.15, -0.1) is 0 Å². The van der Waals surface area contributed by atoms with Crippen LogP contribution in [0.4, 0.5) is 40.3 Å². The van der Waals surface area contributed by atoms with Crippen LogP contribution in [0.3, 0.4) is 0 Å². The number of nitrogens with zero attached hydrogens (tertiary/aromatic N) is 9. The maximum absolute atomic E-state index is 15.4. The summed E-state index contributed by atoms with van der Waals surface area (Å²) in [6.07, 6.45) is 3.53. The molecule has 27 nitrogen and oxygen atoms in total. The van der Waals surface area contributed by atoms with Gasteiger partial charge in [0, 0.05) is 75.5 Å². The quantitative estimate of drug-likeness (QED) is 0.0695. The molecule has 12 aromatic rings. The minimum atomic E-state index is -0.507. The van der Waals surface area contributed by atoms with Crippen LogP contribution in [0.1, 0.15) is 132 Å². The Morgan fingerprint density at radius 3 is 0.983 bits per heavy atom. The molecule has 16 heterocycles. The van der Waals surface area contributed by atoms with Crippen LogP contribution in [0.15, 0.2) is 57.8 Å². The van der Waals surface area contributed by atoms with Gasteiger partial charge in [0.1, 0.15) is 84.7 Å². The summed E-state index contributed by atoms with van der Waals surface area (Å²) < 4.78 is 105. The first kappa shape index (κ1) is 79.5. The van der Waals surface area contributed by atoms with Crippen LogP contribution in [0, 0.1) is 53.9 Å². The summed E-state index contributed by atoms with van der Waals surface area (Å²) in [6, 6.07) is 4.97. The van der Waals surface area contributed by atoms with Crippen molar-refractivity contribution in [3.05, 3.63) is 125 Å². The predicted molar refractivity (Wildman–Crippen MR) is 451 cm³/mol. The Kier molecular flexibility index (Phi) is 20.1. The van der Waals surface area contributed by atoms with Crippen molar-refractivity contribution in [3.63, 3.8) is 0 Å². The number of anilines is 4. The molecule has 11 N–H and O–H groups in total. The van der Waals surface area contributed by atoms with Crippen molar-refractivity contribution in [2.45, 2.75) is 157 Å². The molecule has 4 aromatic carbocycles. The van der Waals surface area contributed by atoms with E-state index in [1.54, 1.807) is 0 Å². The van der Waals surface area contributed by atoms with Gasteiger partial charge < -0.3 is 79.8 Å². The van der Waals surface area contributed by atoms with Gasteiger partial charge in [0.05, 0.1) is 78.9 Å². The van der Waals surface area contributed by atoms with Crippen LogP contribution in [-0.2, 0) is 0 Å². The number of ether oxygens (including phenoxy) is 4. The molecule has 115 heavy (non-hydrogen) atoms. The molecular weight excluding hydrogens is 1570 g/mol. The lowest BCUT2D eigenvalue weighted by atomic mass is 9.88. The number of benzene rings is 4. The van der Waals surface area contributed by atoms with Crippen molar-refractivity contribution in [1.82, 2.24) is 35.8 Å². The molecule has 4 saturated heterocycles. The van der Waals surface area contributed by atoms with Crippen molar-refractivity contribution in [2.24, 2.45) is 46.6 Å². The lowest BCUT2D eigenvalue weighted by Crippen LogP contribution is -2.42. The minimum absolute atomic E-state index is 0. The number of nitrogens with two attached hydrogens (primary N) is 4. The van der Waals surface area contributed by atoms with Crippen LogP contribution >= 0.6 is 46.1 Å². The van der Waals surface area contributed by atoms with Crippen LogP contribution in [-0.4, -0.2) is 138 Å². The summed E-state index contributed by atoms with van der Waals surface area (Å²) in [7, 11) is 0. The van der Waals surface area contributed by atoms with Crippen molar-refractivity contribution < 1.29 is 36.5 Å². The first-order valence-corrected chi connectivity index (χ1v) is 41.9. The van der Waals surface area contributed by atoms with Gasteiger partial charge in [-0.05, 0) is 196 Å². The normalized spacial score (nSPS) is 22.1. The number of H-pyrrole nitrogens is 3. The lowest BCUT2D eigenvalue weighted by Gasteiger charge is -2.32. The highest BCUT2D eigenvalue weighted by Gasteiger charge is 2.42. The average Bonchev–Trinajstić information content (AvgIpc) is 1.69. The maximum atomic E-state index is 15.4. The van der Waals surface area contributed by atoms with Gasteiger partial charge in [0.15, 0.2) is 51.7 Å². The Hall–Kier alpha value is -9.36. The molecule has 0 aliphatic carbocycles. The number of pyridine rings is 4. The molecule has 35 heteroatoms. The monoisotopic (exact) mass is 1660 g/mol. The van der Waals surface area contributed by atoms with Crippen LogP contribution in [0.5, 0.6) is 23.0 Å². The molecule has 8 aliphatic heterocycles. The molecule has 0 saturated carbocycles.